The quantitative estimate of drug-likeness (QED) is 0.839. The molecule has 0 N–H and O–H groups in total. The molecule has 0 saturated heterocycles. The lowest BCUT2D eigenvalue weighted by molar-refractivity contribution is 0.341. The minimum absolute atomic E-state index is 0.0236. The highest BCUT2D eigenvalue weighted by Gasteiger charge is 2.43. The van der Waals surface area contributed by atoms with Crippen LogP contribution in [0.5, 0.6) is 5.75 Å². The van der Waals surface area contributed by atoms with Crippen molar-refractivity contribution in [2.75, 3.05) is 6.61 Å². The standard InChI is InChI=1S/C14H13N3O2/c1-2-18-12-6-4-3-5-10(12)13-16-14(19-17-13)11-7-9(11)8-15/h3-6,9,11H,2,7H2,1H3. The van der Waals surface area contributed by atoms with Crippen LogP contribution >= 0.6 is 0 Å². The number of para-hydroxylation sites is 1. The fourth-order valence-electron chi connectivity index (χ4n) is 2.04. The Morgan fingerprint density at radius 1 is 1.47 bits per heavy atom. The summed E-state index contributed by atoms with van der Waals surface area (Å²) in [6.07, 6.45) is 0.811. The minimum atomic E-state index is 0.0236. The van der Waals surface area contributed by atoms with Crippen LogP contribution in [0.4, 0.5) is 0 Å². The van der Waals surface area contributed by atoms with Crippen LogP contribution in [0.2, 0.25) is 0 Å². The Kier molecular flexibility index (Phi) is 2.92. The normalized spacial score (nSPS) is 20.8. The summed E-state index contributed by atoms with van der Waals surface area (Å²) in [7, 11) is 0. The van der Waals surface area contributed by atoms with E-state index in [1.807, 2.05) is 31.2 Å². The zero-order valence-corrected chi connectivity index (χ0v) is 10.5. The van der Waals surface area contributed by atoms with E-state index in [4.69, 9.17) is 14.5 Å². The summed E-state index contributed by atoms with van der Waals surface area (Å²) in [5.74, 6) is 1.93. The maximum absolute atomic E-state index is 8.82. The van der Waals surface area contributed by atoms with E-state index in [0.717, 1.165) is 17.7 Å². The van der Waals surface area contributed by atoms with Gasteiger partial charge in [0.1, 0.15) is 5.75 Å². The molecule has 0 bridgehead atoms. The topological polar surface area (TPSA) is 71.9 Å². The van der Waals surface area contributed by atoms with Crippen molar-refractivity contribution in [3.05, 3.63) is 30.2 Å². The second-order valence-corrected chi connectivity index (χ2v) is 4.46. The summed E-state index contributed by atoms with van der Waals surface area (Å²) in [5.41, 5.74) is 0.813. The first kappa shape index (κ1) is 11.7. The average molecular weight is 255 g/mol. The molecule has 1 fully saturated rings. The Labute approximate surface area is 110 Å². The van der Waals surface area contributed by atoms with Crippen LogP contribution in [0.1, 0.15) is 25.2 Å². The van der Waals surface area contributed by atoms with Crippen molar-refractivity contribution in [1.29, 1.82) is 5.26 Å². The molecule has 2 unspecified atom stereocenters. The van der Waals surface area contributed by atoms with E-state index in [1.165, 1.54) is 0 Å². The molecule has 1 aliphatic rings. The summed E-state index contributed by atoms with van der Waals surface area (Å²) in [6.45, 7) is 2.51. The lowest BCUT2D eigenvalue weighted by Gasteiger charge is -2.05. The van der Waals surface area contributed by atoms with Crippen LogP contribution in [-0.2, 0) is 0 Å². The molecule has 2 aromatic rings. The van der Waals surface area contributed by atoms with Gasteiger partial charge >= 0.3 is 0 Å². The lowest BCUT2D eigenvalue weighted by Crippen LogP contribution is -1.94. The molecule has 5 heteroatoms. The summed E-state index contributed by atoms with van der Waals surface area (Å²) in [5, 5.41) is 12.8. The molecule has 0 spiro atoms. The number of aromatic nitrogens is 2. The molecule has 0 amide bonds. The first-order chi connectivity index (χ1) is 9.33. The van der Waals surface area contributed by atoms with Gasteiger partial charge < -0.3 is 9.26 Å². The summed E-state index contributed by atoms with van der Waals surface area (Å²) in [6, 6.07) is 9.80. The largest absolute Gasteiger partial charge is 0.493 e. The minimum Gasteiger partial charge on any atom is -0.493 e. The monoisotopic (exact) mass is 255 g/mol. The first-order valence-corrected chi connectivity index (χ1v) is 6.29. The molecule has 1 aromatic carbocycles. The number of nitrogens with zero attached hydrogens (tertiary/aromatic N) is 3. The van der Waals surface area contributed by atoms with Gasteiger partial charge in [-0.15, -0.1) is 0 Å². The van der Waals surface area contributed by atoms with E-state index in [-0.39, 0.29) is 11.8 Å². The van der Waals surface area contributed by atoms with Crippen LogP contribution in [0.25, 0.3) is 11.4 Å². The zero-order valence-electron chi connectivity index (χ0n) is 10.5. The van der Waals surface area contributed by atoms with Gasteiger partial charge in [0.25, 0.3) is 0 Å². The molecule has 19 heavy (non-hydrogen) atoms. The summed E-state index contributed by atoms with van der Waals surface area (Å²) >= 11 is 0. The van der Waals surface area contributed by atoms with Crippen LogP contribution in [-0.4, -0.2) is 16.7 Å². The van der Waals surface area contributed by atoms with E-state index >= 15 is 0 Å². The van der Waals surface area contributed by atoms with Gasteiger partial charge in [0.2, 0.25) is 11.7 Å². The van der Waals surface area contributed by atoms with Crippen molar-refractivity contribution < 1.29 is 9.26 Å². The SMILES string of the molecule is CCOc1ccccc1-c1noc(C2CC2C#N)n1. The summed E-state index contributed by atoms with van der Waals surface area (Å²) < 4.78 is 10.8. The number of rotatable bonds is 4. The number of benzene rings is 1. The van der Waals surface area contributed by atoms with Gasteiger partial charge in [-0.3, -0.25) is 0 Å². The molecule has 2 atom stereocenters. The first-order valence-electron chi connectivity index (χ1n) is 6.29. The van der Waals surface area contributed by atoms with E-state index < -0.39 is 0 Å². The Hall–Kier alpha value is -2.35. The van der Waals surface area contributed by atoms with Crippen LogP contribution in [0.3, 0.4) is 0 Å². The molecule has 96 valence electrons. The predicted molar refractivity (Wildman–Crippen MR) is 67.4 cm³/mol. The zero-order chi connectivity index (χ0) is 13.2. The van der Waals surface area contributed by atoms with Gasteiger partial charge in [-0.05, 0) is 25.5 Å². The van der Waals surface area contributed by atoms with Crippen LogP contribution < -0.4 is 4.74 Å². The Morgan fingerprint density at radius 3 is 3.05 bits per heavy atom. The predicted octanol–water partition coefficient (Wildman–Crippen LogP) is 2.76. The van der Waals surface area contributed by atoms with Gasteiger partial charge in [-0.1, -0.05) is 17.3 Å². The van der Waals surface area contributed by atoms with Crippen molar-refractivity contribution in [1.82, 2.24) is 10.1 Å². The number of hydrogen-bond donors (Lipinski definition) is 0. The fraction of sp³-hybridized carbons (Fsp3) is 0.357. The van der Waals surface area contributed by atoms with Crippen LogP contribution in [0.15, 0.2) is 28.8 Å². The fourth-order valence-corrected chi connectivity index (χ4v) is 2.04. The van der Waals surface area contributed by atoms with Gasteiger partial charge in [0.05, 0.1) is 30.1 Å². The molecular formula is C14H13N3O2. The molecule has 1 heterocycles. The molecular weight excluding hydrogens is 242 g/mol. The van der Waals surface area contributed by atoms with Crippen molar-refractivity contribution in [3.8, 4) is 23.2 Å². The molecule has 0 aliphatic heterocycles. The average Bonchev–Trinajstić information content (AvgIpc) is 3.08. The number of ether oxygens (including phenoxy) is 1. The van der Waals surface area contributed by atoms with E-state index in [1.54, 1.807) is 0 Å². The van der Waals surface area contributed by atoms with Crippen molar-refractivity contribution in [2.45, 2.75) is 19.3 Å². The molecule has 5 nitrogen and oxygen atoms in total. The summed E-state index contributed by atoms with van der Waals surface area (Å²) in [4.78, 5) is 4.37. The molecule has 3 rings (SSSR count). The van der Waals surface area contributed by atoms with Crippen molar-refractivity contribution >= 4 is 0 Å². The molecule has 0 radical (unpaired) electrons. The second-order valence-electron chi connectivity index (χ2n) is 4.46. The molecule has 1 aromatic heterocycles. The van der Waals surface area contributed by atoms with Crippen molar-refractivity contribution in [2.24, 2.45) is 5.92 Å². The van der Waals surface area contributed by atoms with Gasteiger partial charge in [-0.2, -0.15) is 10.2 Å². The third-order valence-electron chi connectivity index (χ3n) is 3.14. The highest BCUT2D eigenvalue weighted by molar-refractivity contribution is 5.63. The maximum Gasteiger partial charge on any atom is 0.231 e. The Bertz CT molecular complexity index is 630. The van der Waals surface area contributed by atoms with E-state index in [2.05, 4.69) is 16.2 Å². The van der Waals surface area contributed by atoms with Gasteiger partial charge in [0.15, 0.2) is 0 Å². The third kappa shape index (κ3) is 2.17. The van der Waals surface area contributed by atoms with E-state index in [0.29, 0.717) is 18.3 Å². The van der Waals surface area contributed by atoms with Crippen LogP contribution in [0, 0.1) is 17.2 Å². The Morgan fingerprint density at radius 2 is 2.32 bits per heavy atom. The smallest absolute Gasteiger partial charge is 0.231 e. The highest BCUT2D eigenvalue weighted by atomic mass is 16.5. The Balaban J connectivity index is 1.89. The van der Waals surface area contributed by atoms with Gasteiger partial charge in [0, 0.05) is 0 Å². The number of nitriles is 1. The second kappa shape index (κ2) is 4.73. The third-order valence-corrected chi connectivity index (χ3v) is 3.14. The van der Waals surface area contributed by atoms with Crippen molar-refractivity contribution in [3.63, 3.8) is 0 Å². The molecule has 1 aliphatic carbocycles. The maximum atomic E-state index is 8.82. The lowest BCUT2D eigenvalue weighted by atomic mass is 10.2. The van der Waals surface area contributed by atoms with E-state index in [9.17, 15) is 0 Å². The molecule has 1 saturated carbocycles. The van der Waals surface area contributed by atoms with Gasteiger partial charge in [-0.25, -0.2) is 0 Å². The number of hydrogen-bond acceptors (Lipinski definition) is 5. The highest BCUT2D eigenvalue weighted by Crippen LogP contribution is 2.46.